The van der Waals surface area contributed by atoms with E-state index in [1.165, 1.54) is 0 Å². The molecule has 106 valence electrons. The summed E-state index contributed by atoms with van der Waals surface area (Å²) in [4.78, 5) is 38.0. The van der Waals surface area contributed by atoms with Crippen LogP contribution in [-0.4, -0.2) is 35.2 Å². The molecule has 0 radical (unpaired) electrons. The Labute approximate surface area is 118 Å². The second-order valence-corrected chi connectivity index (χ2v) is 5.11. The van der Waals surface area contributed by atoms with E-state index in [1.54, 1.807) is 31.2 Å². The van der Waals surface area contributed by atoms with Gasteiger partial charge < -0.3 is 5.32 Å². The van der Waals surface area contributed by atoms with E-state index in [2.05, 4.69) is 5.32 Å². The third-order valence-electron chi connectivity index (χ3n) is 3.35. The normalized spacial score (nSPS) is 15.5. The molecule has 1 atom stereocenters. The Morgan fingerprint density at radius 1 is 1.15 bits per heavy atom. The van der Waals surface area contributed by atoms with Crippen LogP contribution in [0.15, 0.2) is 24.3 Å². The molecule has 1 aromatic rings. The molecule has 5 heteroatoms. The molecule has 20 heavy (non-hydrogen) atoms. The number of fused-ring (bicyclic) bond motifs is 1. The lowest BCUT2D eigenvalue weighted by atomic mass is 10.0. The van der Waals surface area contributed by atoms with Crippen molar-refractivity contribution in [1.82, 2.24) is 10.2 Å². The monoisotopic (exact) mass is 274 g/mol. The number of nitrogens with zero attached hydrogens (tertiary/aromatic N) is 1. The van der Waals surface area contributed by atoms with E-state index in [0.717, 1.165) is 4.90 Å². The number of carbonyl (C=O) groups excluding carboxylic acids is 3. The molecule has 1 aliphatic heterocycles. The molecule has 0 fully saturated rings. The van der Waals surface area contributed by atoms with Crippen LogP contribution in [0.5, 0.6) is 0 Å². The van der Waals surface area contributed by atoms with Gasteiger partial charge in [0.2, 0.25) is 5.91 Å². The number of rotatable bonds is 4. The molecule has 2 rings (SSSR count). The Kier molecular flexibility index (Phi) is 3.88. The number of imide groups is 1. The number of nitrogens with one attached hydrogen (secondary N) is 1. The lowest BCUT2D eigenvalue weighted by molar-refractivity contribution is -0.126. The van der Waals surface area contributed by atoms with Crippen molar-refractivity contribution < 1.29 is 14.4 Å². The Bertz CT molecular complexity index is 531. The fourth-order valence-corrected chi connectivity index (χ4v) is 2.46. The second-order valence-electron chi connectivity index (χ2n) is 5.11. The summed E-state index contributed by atoms with van der Waals surface area (Å²) < 4.78 is 0. The highest BCUT2D eigenvalue weighted by atomic mass is 16.2. The molecule has 3 amide bonds. The lowest BCUT2D eigenvalue weighted by Gasteiger charge is -2.28. The van der Waals surface area contributed by atoms with E-state index >= 15 is 0 Å². The highest BCUT2D eigenvalue weighted by molar-refractivity contribution is 6.22. The van der Waals surface area contributed by atoms with Gasteiger partial charge in [-0.1, -0.05) is 26.0 Å². The predicted octanol–water partition coefficient (Wildman–Crippen LogP) is 1.44. The van der Waals surface area contributed by atoms with Crippen molar-refractivity contribution in [1.29, 1.82) is 0 Å². The van der Waals surface area contributed by atoms with E-state index in [1.807, 2.05) is 13.8 Å². The molecule has 0 bridgehead atoms. The molecular weight excluding hydrogens is 256 g/mol. The standard InChI is InChI=1S/C15H18N2O3/c1-4-16-13(18)12(9(2)3)17-14(19)10-7-5-6-8-11(10)15(17)20/h5-9,12H,4H2,1-3H3,(H,16,18). The lowest BCUT2D eigenvalue weighted by Crippen LogP contribution is -2.52. The van der Waals surface area contributed by atoms with Crippen molar-refractivity contribution in [2.45, 2.75) is 26.8 Å². The quantitative estimate of drug-likeness (QED) is 0.845. The SMILES string of the molecule is CCNC(=O)C(C(C)C)N1C(=O)c2ccccc2C1=O. The number of amides is 3. The summed E-state index contributed by atoms with van der Waals surface area (Å²) in [6.07, 6.45) is 0. The highest BCUT2D eigenvalue weighted by Crippen LogP contribution is 2.27. The van der Waals surface area contributed by atoms with E-state index < -0.39 is 17.9 Å². The number of benzene rings is 1. The maximum atomic E-state index is 12.4. The van der Waals surface area contributed by atoms with Gasteiger partial charge in [0, 0.05) is 6.54 Å². The van der Waals surface area contributed by atoms with Crippen LogP contribution in [-0.2, 0) is 4.79 Å². The van der Waals surface area contributed by atoms with E-state index in [9.17, 15) is 14.4 Å². The first-order chi connectivity index (χ1) is 9.49. The van der Waals surface area contributed by atoms with Gasteiger partial charge in [0.05, 0.1) is 11.1 Å². The molecule has 1 aliphatic rings. The minimum Gasteiger partial charge on any atom is -0.355 e. The summed E-state index contributed by atoms with van der Waals surface area (Å²) in [7, 11) is 0. The van der Waals surface area contributed by atoms with Gasteiger partial charge in [-0.15, -0.1) is 0 Å². The summed E-state index contributed by atoms with van der Waals surface area (Å²) in [6, 6.07) is 5.88. The number of hydrogen-bond donors (Lipinski definition) is 1. The molecule has 0 saturated carbocycles. The minimum atomic E-state index is -0.776. The average Bonchev–Trinajstić information content (AvgIpc) is 2.65. The molecule has 1 unspecified atom stereocenters. The van der Waals surface area contributed by atoms with Gasteiger partial charge in [-0.25, -0.2) is 0 Å². The highest BCUT2D eigenvalue weighted by Gasteiger charge is 2.43. The van der Waals surface area contributed by atoms with Crippen LogP contribution >= 0.6 is 0 Å². The van der Waals surface area contributed by atoms with E-state index in [0.29, 0.717) is 17.7 Å². The molecule has 1 aromatic carbocycles. The average molecular weight is 274 g/mol. The van der Waals surface area contributed by atoms with Crippen LogP contribution in [0.1, 0.15) is 41.5 Å². The van der Waals surface area contributed by atoms with Crippen LogP contribution in [0.4, 0.5) is 0 Å². The summed E-state index contributed by atoms with van der Waals surface area (Å²) in [5.41, 5.74) is 0.736. The van der Waals surface area contributed by atoms with Crippen molar-refractivity contribution in [3.8, 4) is 0 Å². The zero-order valence-electron chi connectivity index (χ0n) is 11.8. The van der Waals surface area contributed by atoms with Crippen molar-refractivity contribution >= 4 is 17.7 Å². The largest absolute Gasteiger partial charge is 0.355 e. The van der Waals surface area contributed by atoms with Gasteiger partial charge in [0.1, 0.15) is 6.04 Å². The van der Waals surface area contributed by atoms with Gasteiger partial charge in [-0.3, -0.25) is 19.3 Å². The topological polar surface area (TPSA) is 66.5 Å². The van der Waals surface area contributed by atoms with Gasteiger partial charge in [0.25, 0.3) is 11.8 Å². The van der Waals surface area contributed by atoms with Crippen molar-refractivity contribution in [3.05, 3.63) is 35.4 Å². The van der Waals surface area contributed by atoms with Crippen molar-refractivity contribution in [2.24, 2.45) is 5.92 Å². The van der Waals surface area contributed by atoms with E-state index in [-0.39, 0.29) is 11.8 Å². The molecule has 0 aliphatic carbocycles. The summed E-state index contributed by atoms with van der Waals surface area (Å²) >= 11 is 0. The van der Waals surface area contributed by atoms with Crippen molar-refractivity contribution in [2.75, 3.05) is 6.54 Å². The zero-order chi connectivity index (χ0) is 14.9. The van der Waals surface area contributed by atoms with Crippen LogP contribution in [0, 0.1) is 5.92 Å². The molecule has 1 N–H and O–H groups in total. The smallest absolute Gasteiger partial charge is 0.262 e. The second kappa shape index (κ2) is 5.45. The zero-order valence-corrected chi connectivity index (χ0v) is 11.8. The van der Waals surface area contributed by atoms with Crippen LogP contribution in [0.2, 0.25) is 0 Å². The number of likely N-dealkylation sites (N-methyl/N-ethyl adjacent to an activating group) is 1. The molecular formula is C15H18N2O3. The Morgan fingerprint density at radius 3 is 2.05 bits per heavy atom. The summed E-state index contributed by atoms with van der Waals surface area (Å²) in [5, 5.41) is 2.69. The summed E-state index contributed by atoms with van der Waals surface area (Å²) in [5.74, 6) is -1.23. The fraction of sp³-hybridized carbons (Fsp3) is 0.400. The predicted molar refractivity (Wildman–Crippen MR) is 74.3 cm³/mol. The van der Waals surface area contributed by atoms with Crippen molar-refractivity contribution in [3.63, 3.8) is 0 Å². The van der Waals surface area contributed by atoms with Crippen LogP contribution < -0.4 is 5.32 Å². The van der Waals surface area contributed by atoms with Crippen LogP contribution in [0.3, 0.4) is 0 Å². The van der Waals surface area contributed by atoms with Gasteiger partial charge in [-0.05, 0) is 25.0 Å². The first-order valence-electron chi connectivity index (χ1n) is 6.73. The number of carbonyl (C=O) groups is 3. The third-order valence-corrected chi connectivity index (χ3v) is 3.35. The Hall–Kier alpha value is -2.17. The Morgan fingerprint density at radius 2 is 1.65 bits per heavy atom. The molecule has 0 spiro atoms. The number of hydrogen-bond acceptors (Lipinski definition) is 3. The first kappa shape index (κ1) is 14.2. The Balaban J connectivity index is 2.40. The van der Waals surface area contributed by atoms with E-state index in [4.69, 9.17) is 0 Å². The third kappa shape index (κ3) is 2.19. The molecule has 0 aromatic heterocycles. The van der Waals surface area contributed by atoms with Crippen LogP contribution in [0.25, 0.3) is 0 Å². The van der Waals surface area contributed by atoms with Gasteiger partial charge in [-0.2, -0.15) is 0 Å². The van der Waals surface area contributed by atoms with Gasteiger partial charge >= 0.3 is 0 Å². The first-order valence-corrected chi connectivity index (χ1v) is 6.73. The minimum absolute atomic E-state index is 0.149. The fourth-order valence-electron chi connectivity index (χ4n) is 2.46. The molecule has 0 saturated heterocycles. The molecule has 1 heterocycles. The maximum Gasteiger partial charge on any atom is 0.262 e. The summed E-state index contributed by atoms with van der Waals surface area (Å²) in [6.45, 7) is 5.91. The molecule has 5 nitrogen and oxygen atoms in total. The van der Waals surface area contributed by atoms with Gasteiger partial charge in [0.15, 0.2) is 0 Å². The maximum absolute atomic E-state index is 12.4.